The van der Waals surface area contributed by atoms with Gasteiger partial charge in [0.25, 0.3) is 0 Å². The lowest BCUT2D eigenvalue weighted by atomic mass is 10.1. The number of benzene rings is 1. The van der Waals surface area contributed by atoms with Crippen LogP contribution in [0.4, 0.5) is 19.0 Å². The maximum atomic E-state index is 13.0. The molecule has 0 aliphatic heterocycles. The van der Waals surface area contributed by atoms with Crippen LogP contribution >= 0.6 is 0 Å². The first-order valence-electron chi connectivity index (χ1n) is 4.90. The summed E-state index contributed by atoms with van der Waals surface area (Å²) in [5.41, 5.74) is 6.49. The molecule has 5 heteroatoms. The number of rotatable bonds is 2. The number of pyridine rings is 1. The van der Waals surface area contributed by atoms with Gasteiger partial charge in [0.1, 0.15) is 5.82 Å². The van der Waals surface area contributed by atoms with Gasteiger partial charge in [0.2, 0.25) is 0 Å². The molecule has 2 nitrogen and oxygen atoms in total. The number of hydrogen-bond acceptors (Lipinski definition) is 2. The van der Waals surface area contributed by atoms with Crippen LogP contribution in [0.15, 0.2) is 30.5 Å². The normalized spacial score (nSPS) is 10.5. The fraction of sp³-hybridized carbons (Fsp3) is 0.0833. The summed E-state index contributed by atoms with van der Waals surface area (Å²) in [6.07, 6.45) is 1.77. The molecule has 88 valence electrons. The molecule has 0 amide bonds. The highest BCUT2D eigenvalue weighted by molar-refractivity contribution is 5.32. The smallest absolute Gasteiger partial charge is 0.194 e. The molecule has 2 rings (SSSR count). The Morgan fingerprint density at radius 2 is 1.65 bits per heavy atom. The molecule has 0 aliphatic carbocycles. The zero-order valence-corrected chi connectivity index (χ0v) is 8.75. The first kappa shape index (κ1) is 11.4. The van der Waals surface area contributed by atoms with Gasteiger partial charge in [-0.25, -0.2) is 18.2 Å². The van der Waals surface area contributed by atoms with Crippen LogP contribution in [0.5, 0.6) is 0 Å². The van der Waals surface area contributed by atoms with Crippen molar-refractivity contribution < 1.29 is 13.2 Å². The van der Waals surface area contributed by atoms with E-state index in [9.17, 15) is 13.2 Å². The minimum absolute atomic E-state index is 0.265. The lowest BCUT2D eigenvalue weighted by Crippen LogP contribution is -1.97. The number of aromatic nitrogens is 1. The van der Waals surface area contributed by atoms with Gasteiger partial charge in [-0.15, -0.1) is 0 Å². The molecule has 1 heterocycles. The summed E-state index contributed by atoms with van der Waals surface area (Å²) < 4.78 is 38.6. The van der Waals surface area contributed by atoms with Crippen LogP contribution in [0, 0.1) is 17.5 Å². The van der Waals surface area contributed by atoms with E-state index in [0.29, 0.717) is 11.4 Å². The van der Waals surface area contributed by atoms with Crippen LogP contribution in [0.2, 0.25) is 0 Å². The van der Waals surface area contributed by atoms with Crippen molar-refractivity contribution in [2.75, 3.05) is 5.73 Å². The second-order valence-corrected chi connectivity index (χ2v) is 3.64. The van der Waals surface area contributed by atoms with Crippen LogP contribution in [-0.4, -0.2) is 4.98 Å². The Kier molecular flexibility index (Phi) is 2.99. The Morgan fingerprint density at radius 1 is 1.00 bits per heavy atom. The maximum Gasteiger partial charge on any atom is 0.194 e. The number of nitrogens with two attached hydrogens (primary N) is 1. The van der Waals surface area contributed by atoms with E-state index in [-0.39, 0.29) is 6.42 Å². The van der Waals surface area contributed by atoms with E-state index in [1.165, 1.54) is 6.20 Å². The SMILES string of the molecule is Nc1ccc(Cc2cc(F)c(F)c(F)c2)cn1. The Hall–Kier alpha value is -2.04. The summed E-state index contributed by atoms with van der Waals surface area (Å²) in [6, 6.07) is 5.22. The van der Waals surface area contributed by atoms with Gasteiger partial charge < -0.3 is 5.73 Å². The van der Waals surface area contributed by atoms with E-state index >= 15 is 0 Å². The molecular weight excluding hydrogens is 229 g/mol. The van der Waals surface area contributed by atoms with Gasteiger partial charge in [0.05, 0.1) is 0 Å². The third-order valence-corrected chi connectivity index (χ3v) is 2.30. The third kappa shape index (κ3) is 2.55. The summed E-state index contributed by atoms with van der Waals surface area (Å²) in [4.78, 5) is 3.85. The molecule has 2 aromatic rings. The van der Waals surface area contributed by atoms with Gasteiger partial charge in [-0.3, -0.25) is 0 Å². The van der Waals surface area contributed by atoms with Crippen molar-refractivity contribution in [2.45, 2.75) is 6.42 Å². The number of halogens is 3. The van der Waals surface area contributed by atoms with Crippen LogP contribution in [0.3, 0.4) is 0 Å². The van der Waals surface area contributed by atoms with Crippen molar-refractivity contribution in [3.05, 3.63) is 59.0 Å². The highest BCUT2D eigenvalue weighted by Crippen LogP contribution is 2.16. The molecule has 0 atom stereocenters. The topological polar surface area (TPSA) is 38.9 Å². The fourth-order valence-electron chi connectivity index (χ4n) is 1.49. The summed E-state index contributed by atoms with van der Waals surface area (Å²) in [5, 5.41) is 0. The standard InChI is InChI=1S/C12H9F3N2/c13-9-4-8(5-10(14)12(9)15)3-7-1-2-11(16)17-6-7/h1-2,4-6H,3H2,(H2,16,17). The lowest BCUT2D eigenvalue weighted by molar-refractivity contribution is 0.445. The maximum absolute atomic E-state index is 13.0. The van der Waals surface area contributed by atoms with Gasteiger partial charge >= 0.3 is 0 Å². The minimum atomic E-state index is -1.45. The monoisotopic (exact) mass is 238 g/mol. The Labute approximate surface area is 95.9 Å². The molecule has 0 spiro atoms. The number of hydrogen-bond donors (Lipinski definition) is 1. The van der Waals surface area contributed by atoms with Crippen molar-refractivity contribution >= 4 is 5.82 Å². The van der Waals surface area contributed by atoms with Gasteiger partial charge in [0, 0.05) is 6.20 Å². The van der Waals surface area contributed by atoms with Gasteiger partial charge in [0.15, 0.2) is 17.5 Å². The van der Waals surface area contributed by atoms with Crippen LogP contribution < -0.4 is 5.73 Å². The molecule has 0 unspecified atom stereocenters. The molecule has 2 N–H and O–H groups in total. The van der Waals surface area contributed by atoms with Gasteiger partial charge in [-0.1, -0.05) is 6.07 Å². The van der Waals surface area contributed by atoms with Crippen molar-refractivity contribution in [1.82, 2.24) is 4.98 Å². The number of nitrogens with zero attached hydrogens (tertiary/aromatic N) is 1. The Balaban J connectivity index is 2.27. The van der Waals surface area contributed by atoms with Crippen molar-refractivity contribution in [3.63, 3.8) is 0 Å². The van der Waals surface area contributed by atoms with Crippen LogP contribution in [-0.2, 0) is 6.42 Å². The molecule has 0 saturated carbocycles. The summed E-state index contributed by atoms with van der Waals surface area (Å²) in [7, 11) is 0. The first-order valence-corrected chi connectivity index (χ1v) is 4.90. The highest BCUT2D eigenvalue weighted by Gasteiger charge is 2.10. The zero-order chi connectivity index (χ0) is 12.4. The molecule has 17 heavy (non-hydrogen) atoms. The van der Waals surface area contributed by atoms with Crippen LogP contribution in [0.1, 0.15) is 11.1 Å². The molecule has 0 bridgehead atoms. The second-order valence-electron chi connectivity index (χ2n) is 3.64. The summed E-state index contributed by atoms with van der Waals surface area (Å²) in [5.74, 6) is -3.47. The van der Waals surface area contributed by atoms with E-state index in [2.05, 4.69) is 4.98 Å². The fourth-order valence-corrected chi connectivity index (χ4v) is 1.49. The Bertz CT molecular complexity index is 515. The third-order valence-electron chi connectivity index (χ3n) is 2.30. The first-order chi connectivity index (χ1) is 8.06. The largest absolute Gasteiger partial charge is 0.384 e. The van der Waals surface area contributed by atoms with E-state index in [1.807, 2.05) is 0 Å². The molecule has 0 fully saturated rings. The van der Waals surface area contributed by atoms with Crippen molar-refractivity contribution in [1.29, 1.82) is 0 Å². The minimum Gasteiger partial charge on any atom is -0.384 e. The molecule has 0 radical (unpaired) electrons. The predicted molar refractivity (Wildman–Crippen MR) is 57.8 cm³/mol. The van der Waals surface area contributed by atoms with Crippen molar-refractivity contribution in [3.8, 4) is 0 Å². The quantitative estimate of drug-likeness (QED) is 0.817. The van der Waals surface area contributed by atoms with Crippen molar-refractivity contribution in [2.24, 2.45) is 0 Å². The van der Waals surface area contributed by atoms with E-state index < -0.39 is 17.5 Å². The molecular formula is C12H9F3N2. The number of nitrogen functional groups attached to an aromatic ring is 1. The van der Waals surface area contributed by atoms with Gasteiger partial charge in [-0.05, 0) is 35.7 Å². The van der Waals surface area contributed by atoms with E-state index in [1.54, 1.807) is 12.1 Å². The number of anilines is 1. The molecule has 1 aromatic heterocycles. The van der Waals surface area contributed by atoms with Crippen LogP contribution in [0.25, 0.3) is 0 Å². The summed E-state index contributed by atoms with van der Waals surface area (Å²) in [6.45, 7) is 0. The second kappa shape index (κ2) is 4.45. The molecule has 0 aliphatic rings. The summed E-state index contributed by atoms with van der Waals surface area (Å²) >= 11 is 0. The average molecular weight is 238 g/mol. The average Bonchev–Trinajstić information content (AvgIpc) is 2.29. The molecule has 1 aromatic carbocycles. The van der Waals surface area contributed by atoms with E-state index in [4.69, 9.17) is 5.73 Å². The predicted octanol–water partition coefficient (Wildman–Crippen LogP) is 2.67. The Morgan fingerprint density at radius 3 is 2.18 bits per heavy atom. The molecule has 0 saturated heterocycles. The van der Waals surface area contributed by atoms with E-state index in [0.717, 1.165) is 17.7 Å². The lowest BCUT2D eigenvalue weighted by Gasteiger charge is -2.03. The van der Waals surface area contributed by atoms with Gasteiger partial charge in [-0.2, -0.15) is 0 Å². The highest BCUT2D eigenvalue weighted by atomic mass is 19.2. The zero-order valence-electron chi connectivity index (χ0n) is 8.75.